The summed E-state index contributed by atoms with van der Waals surface area (Å²) in [7, 11) is 0. The van der Waals surface area contributed by atoms with Crippen LogP contribution in [0.15, 0.2) is 48.5 Å². The summed E-state index contributed by atoms with van der Waals surface area (Å²) in [6.07, 6.45) is 0. The molecule has 0 bridgehead atoms. The van der Waals surface area contributed by atoms with Gasteiger partial charge in [0, 0.05) is 12.1 Å². The van der Waals surface area contributed by atoms with Crippen molar-refractivity contribution in [1.29, 1.82) is 0 Å². The molecule has 0 spiro atoms. The number of urea groups is 1. The zero-order chi connectivity index (χ0) is 18.2. The molecule has 0 aliphatic carbocycles. The Kier molecular flexibility index (Phi) is 4.00. The number of imide groups is 1. The first-order chi connectivity index (χ1) is 11.8. The van der Waals surface area contributed by atoms with Gasteiger partial charge in [-0.1, -0.05) is 29.8 Å². The number of benzene rings is 2. The zero-order valence-corrected chi connectivity index (χ0v) is 13.9. The maximum atomic E-state index is 12.8. The predicted octanol–water partition coefficient (Wildman–Crippen LogP) is 2.87. The summed E-state index contributed by atoms with van der Waals surface area (Å²) in [4.78, 5) is 36.6. The van der Waals surface area contributed by atoms with Crippen LogP contribution >= 0.6 is 0 Å². The minimum Gasteiger partial charge on any atom is -0.319 e. The smallest absolute Gasteiger partial charge is 0.319 e. The third-order valence-corrected chi connectivity index (χ3v) is 4.39. The molecule has 1 fully saturated rings. The second-order valence-corrected chi connectivity index (χ2v) is 6.24. The van der Waals surface area contributed by atoms with Crippen LogP contribution in [0.1, 0.15) is 23.6 Å². The fraction of sp³-hybridized carbons (Fsp3) is 0.222. The summed E-state index contributed by atoms with van der Waals surface area (Å²) in [5, 5.41) is 13.5. The number of hydrogen-bond acceptors (Lipinski definition) is 4. The summed E-state index contributed by atoms with van der Waals surface area (Å²) in [6.45, 7) is 3.74. The third kappa shape index (κ3) is 2.96. The molecule has 0 aromatic heterocycles. The van der Waals surface area contributed by atoms with Gasteiger partial charge in [0.2, 0.25) is 0 Å². The van der Waals surface area contributed by atoms with Gasteiger partial charge in [0.15, 0.2) is 0 Å². The second-order valence-electron chi connectivity index (χ2n) is 6.24. The number of nitro groups is 1. The molecule has 1 N–H and O–H groups in total. The molecule has 25 heavy (non-hydrogen) atoms. The molecule has 2 aromatic rings. The van der Waals surface area contributed by atoms with Crippen LogP contribution in [0.5, 0.6) is 0 Å². The number of rotatable bonds is 4. The number of carbonyl (C=O) groups excluding carboxylic acids is 2. The van der Waals surface area contributed by atoms with Crippen LogP contribution in [-0.2, 0) is 16.9 Å². The van der Waals surface area contributed by atoms with Crippen molar-refractivity contribution in [2.45, 2.75) is 25.9 Å². The first kappa shape index (κ1) is 16.6. The first-order valence-corrected chi connectivity index (χ1v) is 7.76. The second kappa shape index (κ2) is 6.01. The van der Waals surface area contributed by atoms with E-state index in [0.717, 1.165) is 16.0 Å². The van der Waals surface area contributed by atoms with Crippen molar-refractivity contribution >= 4 is 17.6 Å². The van der Waals surface area contributed by atoms with E-state index in [1.807, 2.05) is 31.2 Å². The van der Waals surface area contributed by atoms with E-state index in [1.54, 1.807) is 6.92 Å². The molecule has 3 rings (SSSR count). The van der Waals surface area contributed by atoms with Gasteiger partial charge in [0.1, 0.15) is 5.54 Å². The summed E-state index contributed by atoms with van der Waals surface area (Å²) in [6, 6.07) is 12.7. The number of non-ortho nitro benzene ring substituents is 1. The molecular formula is C18H17N3O4. The highest BCUT2D eigenvalue weighted by Gasteiger charge is 2.48. The van der Waals surface area contributed by atoms with Gasteiger partial charge >= 0.3 is 6.03 Å². The lowest BCUT2D eigenvalue weighted by Gasteiger charge is -2.22. The van der Waals surface area contributed by atoms with E-state index in [2.05, 4.69) is 5.32 Å². The number of nitro benzene ring substituents is 1. The minimum absolute atomic E-state index is 0.0689. The number of aryl methyl sites for hydroxylation is 1. The Morgan fingerprint density at radius 1 is 1.08 bits per heavy atom. The van der Waals surface area contributed by atoms with Crippen molar-refractivity contribution in [3.05, 3.63) is 75.3 Å². The van der Waals surface area contributed by atoms with Crippen LogP contribution in [0.25, 0.3) is 0 Å². The van der Waals surface area contributed by atoms with Crippen molar-refractivity contribution in [3.8, 4) is 0 Å². The van der Waals surface area contributed by atoms with Crippen LogP contribution in [0, 0.1) is 17.0 Å². The van der Waals surface area contributed by atoms with E-state index < -0.39 is 16.5 Å². The molecule has 7 nitrogen and oxygen atoms in total. The van der Waals surface area contributed by atoms with E-state index in [-0.39, 0.29) is 18.1 Å². The summed E-state index contributed by atoms with van der Waals surface area (Å²) < 4.78 is 0. The van der Waals surface area contributed by atoms with Gasteiger partial charge in [-0.2, -0.15) is 0 Å². The number of amides is 3. The molecule has 1 atom stereocenters. The SMILES string of the molecule is Cc1ccc(CN2C(=O)N[C@](C)(c3ccc([N+](=O)[O-])cc3)C2=O)cc1. The highest BCUT2D eigenvalue weighted by molar-refractivity contribution is 6.07. The summed E-state index contributed by atoms with van der Waals surface area (Å²) in [5.41, 5.74) is 1.14. The molecular weight excluding hydrogens is 322 g/mol. The van der Waals surface area contributed by atoms with E-state index in [1.165, 1.54) is 24.3 Å². The largest absolute Gasteiger partial charge is 0.325 e. The topological polar surface area (TPSA) is 92.6 Å². The fourth-order valence-electron chi connectivity index (χ4n) is 2.83. The molecule has 7 heteroatoms. The standard InChI is InChI=1S/C18H17N3O4/c1-12-3-5-13(6-4-12)11-20-16(22)18(2,19-17(20)23)14-7-9-15(10-8-14)21(24)25/h3-10H,11H2,1-2H3,(H,19,23)/t18-/m1/s1. The molecule has 0 saturated carbocycles. The maximum Gasteiger partial charge on any atom is 0.325 e. The van der Waals surface area contributed by atoms with Crippen molar-refractivity contribution in [1.82, 2.24) is 10.2 Å². The summed E-state index contributed by atoms with van der Waals surface area (Å²) in [5.74, 6) is -0.382. The van der Waals surface area contributed by atoms with Crippen molar-refractivity contribution in [3.63, 3.8) is 0 Å². The van der Waals surface area contributed by atoms with Crippen LogP contribution in [0.2, 0.25) is 0 Å². The van der Waals surface area contributed by atoms with Crippen molar-refractivity contribution in [2.24, 2.45) is 0 Å². The Morgan fingerprint density at radius 2 is 1.68 bits per heavy atom. The van der Waals surface area contributed by atoms with Gasteiger partial charge in [-0.3, -0.25) is 19.8 Å². The van der Waals surface area contributed by atoms with Crippen LogP contribution in [-0.4, -0.2) is 21.8 Å². The van der Waals surface area contributed by atoms with Crippen LogP contribution < -0.4 is 5.32 Å². The lowest BCUT2D eigenvalue weighted by Crippen LogP contribution is -2.40. The van der Waals surface area contributed by atoms with E-state index in [4.69, 9.17) is 0 Å². The average molecular weight is 339 g/mol. The molecule has 1 aliphatic heterocycles. The maximum absolute atomic E-state index is 12.8. The monoisotopic (exact) mass is 339 g/mol. The minimum atomic E-state index is -1.24. The Morgan fingerprint density at radius 3 is 2.24 bits per heavy atom. The average Bonchev–Trinajstić information content (AvgIpc) is 2.81. The molecule has 1 heterocycles. The van der Waals surface area contributed by atoms with Gasteiger partial charge in [0.05, 0.1) is 11.5 Å². The molecule has 1 aliphatic rings. The quantitative estimate of drug-likeness (QED) is 0.526. The molecule has 0 radical (unpaired) electrons. The highest BCUT2D eigenvalue weighted by Crippen LogP contribution is 2.30. The van der Waals surface area contributed by atoms with Gasteiger partial charge in [-0.15, -0.1) is 0 Å². The van der Waals surface area contributed by atoms with Gasteiger partial charge in [-0.05, 0) is 37.1 Å². The van der Waals surface area contributed by atoms with Crippen molar-refractivity contribution < 1.29 is 14.5 Å². The van der Waals surface area contributed by atoms with E-state index in [0.29, 0.717) is 5.56 Å². The molecule has 0 unspecified atom stereocenters. The Bertz CT molecular complexity index is 846. The van der Waals surface area contributed by atoms with E-state index in [9.17, 15) is 19.7 Å². The van der Waals surface area contributed by atoms with Gasteiger partial charge in [-0.25, -0.2) is 4.79 Å². The highest BCUT2D eigenvalue weighted by atomic mass is 16.6. The van der Waals surface area contributed by atoms with Crippen LogP contribution in [0.3, 0.4) is 0 Å². The molecule has 2 aromatic carbocycles. The van der Waals surface area contributed by atoms with Gasteiger partial charge in [0.25, 0.3) is 11.6 Å². The number of carbonyl (C=O) groups is 2. The Balaban J connectivity index is 1.86. The number of nitrogens with one attached hydrogen (secondary N) is 1. The van der Waals surface area contributed by atoms with E-state index >= 15 is 0 Å². The Hall–Kier alpha value is -3.22. The summed E-state index contributed by atoms with van der Waals surface area (Å²) >= 11 is 0. The van der Waals surface area contributed by atoms with Crippen molar-refractivity contribution in [2.75, 3.05) is 0 Å². The fourth-order valence-corrected chi connectivity index (χ4v) is 2.83. The predicted molar refractivity (Wildman–Crippen MR) is 90.7 cm³/mol. The zero-order valence-electron chi connectivity index (χ0n) is 13.9. The number of nitrogens with zero attached hydrogens (tertiary/aromatic N) is 2. The first-order valence-electron chi connectivity index (χ1n) is 7.76. The lowest BCUT2D eigenvalue weighted by molar-refractivity contribution is -0.384. The third-order valence-electron chi connectivity index (χ3n) is 4.39. The normalized spacial score (nSPS) is 19.8. The Labute approximate surface area is 144 Å². The molecule has 1 saturated heterocycles. The van der Waals surface area contributed by atoms with Gasteiger partial charge < -0.3 is 5.32 Å². The van der Waals surface area contributed by atoms with Crippen LogP contribution in [0.4, 0.5) is 10.5 Å². The molecule has 128 valence electrons. The molecule has 3 amide bonds. The number of hydrogen-bond donors (Lipinski definition) is 1. The lowest BCUT2D eigenvalue weighted by atomic mass is 9.92.